The molecule has 0 radical (unpaired) electrons. The lowest BCUT2D eigenvalue weighted by molar-refractivity contribution is 0.857. The van der Waals surface area contributed by atoms with Gasteiger partial charge in [-0.05, 0) is 42.5 Å². The summed E-state index contributed by atoms with van der Waals surface area (Å²) in [5.74, 6) is 1.34. The number of hydrogen-bond acceptors (Lipinski definition) is 5. The van der Waals surface area contributed by atoms with Crippen molar-refractivity contribution >= 4 is 38.7 Å². The molecule has 0 atom stereocenters. The van der Waals surface area contributed by atoms with E-state index < -0.39 is 0 Å². The Morgan fingerprint density at radius 1 is 1.17 bits per heavy atom. The number of pyridine rings is 1. The summed E-state index contributed by atoms with van der Waals surface area (Å²) in [6.45, 7) is 4.42. The third-order valence-corrected chi connectivity index (χ3v) is 4.89. The average molecular weight is 324 g/mol. The maximum atomic E-state index is 4.59. The lowest BCUT2D eigenvalue weighted by atomic mass is 10.0. The van der Waals surface area contributed by atoms with Crippen LogP contribution in [0.2, 0.25) is 0 Å². The van der Waals surface area contributed by atoms with Gasteiger partial charge in [-0.1, -0.05) is 13.8 Å². The van der Waals surface area contributed by atoms with Crippen molar-refractivity contribution in [3.63, 3.8) is 0 Å². The SMILES string of the molecule is CC(C)c1cnc(Nc2ccc3ncsc3c2)cc1NC1CC1. The van der Waals surface area contributed by atoms with Crippen LogP contribution in [-0.2, 0) is 0 Å². The first-order valence-electron chi connectivity index (χ1n) is 8.06. The van der Waals surface area contributed by atoms with E-state index in [1.807, 2.05) is 23.8 Å². The summed E-state index contributed by atoms with van der Waals surface area (Å²) in [5.41, 5.74) is 6.45. The van der Waals surface area contributed by atoms with Gasteiger partial charge in [0.25, 0.3) is 0 Å². The molecular formula is C18H20N4S. The fourth-order valence-corrected chi connectivity index (χ4v) is 3.36. The number of hydrogen-bond donors (Lipinski definition) is 2. The Labute approximate surface area is 140 Å². The molecule has 118 valence electrons. The molecule has 1 aliphatic carbocycles. The second-order valence-electron chi connectivity index (χ2n) is 6.39. The van der Waals surface area contributed by atoms with Crippen molar-refractivity contribution in [1.82, 2.24) is 9.97 Å². The van der Waals surface area contributed by atoms with Crippen LogP contribution in [0.15, 0.2) is 36.0 Å². The quantitative estimate of drug-likeness (QED) is 0.683. The molecule has 5 heteroatoms. The topological polar surface area (TPSA) is 49.8 Å². The van der Waals surface area contributed by atoms with E-state index in [0.717, 1.165) is 17.0 Å². The van der Waals surface area contributed by atoms with Crippen LogP contribution in [0.3, 0.4) is 0 Å². The molecule has 3 aromatic rings. The molecule has 1 aliphatic rings. The Kier molecular flexibility index (Phi) is 3.65. The van der Waals surface area contributed by atoms with Gasteiger partial charge in [-0.25, -0.2) is 9.97 Å². The van der Waals surface area contributed by atoms with Crippen LogP contribution in [0.4, 0.5) is 17.2 Å². The molecule has 4 nitrogen and oxygen atoms in total. The van der Waals surface area contributed by atoms with E-state index >= 15 is 0 Å². The second-order valence-corrected chi connectivity index (χ2v) is 7.28. The molecule has 1 aromatic carbocycles. The maximum absolute atomic E-state index is 4.59. The predicted octanol–water partition coefficient (Wildman–Crippen LogP) is 5.13. The monoisotopic (exact) mass is 324 g/mol. The molecule has 0 amide bonds. The molecule has 1 fully saturated rings. The van der Waals surface area contributed by atoms with Gasteiger partial charge < -0.3 is 10.6 Å². The van der Waals surface area contributed by atoms with E-state index in [2.05, 4.69) is 46.6 Å². The number of anilines is 3. The molecule has 1 saturated carbocycles. The smallest absolute Gasteiger partial charge is 0.132 e. The van der Waals surface area contributed by atoms with Gasteiger partial charge in [0.2, 0.25) is 0 Å². The van der Waals surface area contributed by atoms with Gasteiger partial charge in [-0.2, -0.15) is 0 Å². The Morgan fingerprint density at radius 2 is 2.04 bits per heavy atom. The number of fused-ring (bicyclic) bond motifs is 1. The van der Waals surface area contributed by atoms with Gasteiger partial charge in [-0.3, -0.25) is 0 Å². The van der Waals surface area contributed by atoms with Gasteiger partial charge >= 0.3 is 0 Å². The fourth-order valence-electron chi connectivity index (χ4n) is 2.65. The molecule has 0 aliphatic heterocycles. The number of thiazole rings is 1. The first-order chi connectivity index (χ1) is 11.2. The number of rotatable bonds is 5. The summed E-state index contributed by atoms with van der Waals surface area (Å²) in [6, 6.07) is 8.98. The van der Waals surface area contributed by atoms with Crippen molar-refractivity contribution in [2.45, 2.75) is 38.6 Å². The molecule has 0 saturated heterocycles. The first-order valence-corrected chi connectivity index (χ1v) is 8.94. The summed E-state index contributed by atoms with van der Waals surface area (Å²) in [5, 5.41) is 7.04. The summed E-state index contributed by atoms with van der Waals surface area (Å²) in [6.07, 6.45) is 4.53. The number of nitrogens with zero attached hydrogens (tertiary/aromatic N) is 2. The zero-order valence-corrected chi connectivity index (χ0v) is 14.2. The van der Waals surface area contributed by atoms with Crippen LogP contribution in [0.5, 0.6) is 0 Å². The minimum atomic E-state index is 0.464. The fraction of sp³-hybridized carbons (Fsp3) is 0.333. The minimum absolute atomic E-state index is 0.464. The standard InChI is InChI=1S/C18H20N4S/c1-11(2)14-9-19-18(8-16(14)21-12-3-4-12)22-13-5-6-15-17(7-13)23-10-20-15/h5-12H,3-4H2,1-2H3,(H2,19,21,22). The van der Waals surface area contributed by atoms with Crippen LogP contribution in [0, 0.1) is 0 Å². The molecule has 4 rings (SSSR count). The zero-order chi connectivity index (χ0) is 15.8. The van der Waals surface area contributed by atoms with Crippen molar-refractivity contribution in [3.8, 4) is 0 Å². The minimum Gasteiger partial charge on any atom is -0.382 e. The van der Waals surface area contributed by atoms with Crippen LogP contribution in [0.25, 0.3) is 10.2 Å². The van der Waals surface area contributed by atoms with Crippen LogP contribution < -0.4 is 10.6 Å². The van der Waals surface area contributed by atoms with Crippen molar-refractivity contribution in [3.05, 3.63) is 41.5 Å². The third kappa shape index (κ3) is 3.15. The van der Waals surface area contributed by atoms with Gasteiger partial charge in [0.15, 0.2) is 0 Å². The van der Waals surface area contributed by atoms with Crippen LogP contribution in [0.1, 0.15) is 38.2 Å². The highest BCUT2D eigenvalue weighted by Crippen LogP contribution is 2.32. The lowest BCUT2D eigenvalue weighted by Crippen LogP contribution is -2.07. The molecule has 2 N–H and O–H groups in total. The van der Waals surface area contributed by atoms with Crippen molar-refractivity contribution in [2.75, 3.05) is 10.6 Å². The molecule has 0 bridgehead atoms. The molecule has 23 heavy (non-hydrogen) atoms. The van der Waals surface area contributed by atoms with Gasteiger partial charge in [0, 0.05) is 29.7 Å². The lowest BCUT2D eigenvalue weighted by Gasteiger charge is -2.16. The molecule has 0 unspecified atom stereocenters. The number of nitrogens with one attached hydrogen (secondary N) is 2. The molecule has 0 spiro atoms. The Hall–Kier alpha value is -2.14. The van der Waals surface area contributed by atoms with Gasteiger partial charge in [0.1, 0.15) is 5.82 Å². The summed E-state index contributed by atoms with van der Waals surface area (Å²) in [7, 11) is 0. The number of benzene rings is 1. The summed E-state index contributed by atoms with van der Waals surface area (Å²) in [4.78, 5) is 8.90. The second kappa shape index (κ2) is 5.81. The summed E-state index contributed by atoms with van der Waals surface area (Å²) >= 11 is 1.65. The van der Waals surface area contributed by atoms with E-state index in [1.165, 1.54) is 28.8 Å². The normalized spacial score (nSPS) is 14.4. The highest BCUT2D eigenvalue weighted by Gasteiger charge is 2.22. The first kappa shape index (κ1) is 14.5. The van der Waals surface area contributed by atoms with Gasteiger partial charge in [0.05, 0.1) is 15.7 Å². The van der Waals surface area contributed by atoms with E-state index in [1.54, 1.807) is 11.3 Å². The van der Waals surface area contributed by atoms with Crippen LogP contribution >= 0.6 is 11.3 Å². The van der Waals surface area contributed by atoms with Crippen molar-refractivity contribution < 1.29 is 0 Å². The van der Waals surface area contributed by atoms with E-state index in [-0.39, 0.29) is 0 Å². The highest BCUT2D eigenvalue weighted by molar-refractivity contribution is 7.16. The van der Waals surface area contributed by atoms with Gasteiger partial charge in [-0.15, -0.1) is 11.3 Å². The molecular weight excluding hydrogens is 304 g/mol. The van der Waals surface area contributed by atoms with Crippen LogP contribution in [-0.4, -0.2) is 16.0 Å². The third-order valence-electron chi connectivity index (χ3n) is 4.10. The Balaban J connectivity index is 1.62. The molecule has 2 aromatic heterocycles. The van der Waals surface area contributed by atoms with E-state index in [9.17, 15) is 0 Å². The maximum Gasteiger partial charge on any atom is 0.132 e. The van der Waals surface area contributed by atoms with Crippen molar-refractivity contribution in [1.29, 1.82) is 0 Å². The van der Waals surface area contributed by atoms with Crippen molar-refractivity contribution in [2.24, 2.45) is 0 Å². The Morgan fingerprint density at radius 3 is 2.83 bits per heavy atom. The summed E-state index contributed by atoms with van der Waals surface area (Å²) < 4.78 is 1.19. The number of aromatic nitrogens is 2. The van der Waals surface area contributed by atoms with E-state index in [4.69, 9.17) is 0 Å². The predicted molar refractivity (Wildman–Crippen MR) is 97.9 cm³/mol. The highest BCUT2D eigenvalue weighted by atomic mass is 32.1. The Bertz CT molecular complexity index is 836. The molecule has 2 heterocycles. The van der Waals surface area contributed by atoms with E-state index in [0.29, 0.717) is 12.0 Å². The largest absolute Gasteiger partial charge is 0.382 e. The average Bonchev–Trinajstić information content (AvgIpc) is 3.22. The zero-order valence-electron chi connectivity index (χ0n) is 13.3.